The Kier molecular flexibility index (Phi) is 8.52. The van der Waals surface area contributed by atoms with E-state index in [4.69, 9.17) is 5.73 Å². The minimum Gasteiger partial charge on any atom is -0.352 e. The number of urea groups is 1. The van der Waals surface area contributed by atoms with Gasteiger partial charge in [-0.2, -0.15) is 0 Å². The maximum Gasteiger partial charge on any atom is 0.312 e. The van der Waals surface area contributed by atoms with Crippen LogP contribution in [-0.4, -0.2) is 43.9 Å². The summed E-state index contributed by atoms with van der Waals surface area (Å²) in [6, 6.07) is -1.47. The first kappa shape index (κ1) is 17.4. The van der Waals surface area contributed by atoms with E-state index in [9.17, 15) is 14.4 Å². The Balaban J connectivity index is 4.13. The molecule has 2 atom stereocenters. The van der Waals surface area contributed by atoms with Crippen LogP contribution in [0.1, 0.15) is 26.7 Å². The van der Waals surface area contributed by atoms with Gasteiger partial charge in [0.2, 0.25) is 5.91 Å². The molecule has 0 aromatic heterocycles. The molecule has 5 N–H and O–H groups in total. The topological polar surface area (TPSA) is 113 Å². The monoisotopic (exact) mass is 272 g/mol. The number of primary amides is 1. The Morgan fingerprint density at radius 1 is 1.32 bits per heavy atom. The van der Waals surface area contributed by atoms with E-state index in [1.807, 2.05) is 13.8 Å². The molecule has 0 aliphatic heterocycles. The summed E-state index contributed by atoms with van der Waals surface area (Å²) in [5.41, 5.74) is 4.92. The van der Waals surface area contributed by atoms with Gasteiger partial charge in [0.05, 0.1) is 12.1 Å². The molecule has 3 amide bonds. The van der Waals surface area contributed by atoms with Gasteiger partial charge in [-0.1, -0.05) is 13.8 Å². The predicted molar refractivity (Wildman–Crippen MR) is 72.5 cm³/mol. The highest BCUT2D eigenvalue weighted by Crippen LogP contribution is 2.02. The van der Waals surface area contributed by atoms with Crippen LogP contribution in [-0.2, 0) is 9.59 Å². The predicted octanol–water partition coefficient (Wildman–Crippen LogP) is -0.637. The van der Waals surface area contributed by atoms with Crippen LogP contribution in [0.5, 0.6) is 0 Å². The Bertz CT molecular complexity index is 307. The number of nitrogens with one attached hydrogen (secondary N) is 3. The molecule has 110 valence electrons. The fourth-order valence-corrected chi connectivity index (χ4v) is 1.75. The lowest BCUT2D eigenvalue weighted by molar-refractivity contribution is -0.126. The van der Waals surface area contributed by atoms with E-state index < -0.39 is 12.1 Å². The average molecular weight is 272 g/mol. The quantitative estimate of drug-likeness (QED) is 0.330. The van der Waals surface area contributed by atoms with Crippen molar-refractivity contribution in [2.75, 3.05) is 13.6 Å². The Morgan fingerprint density at radius 2 is 1.95 bits per heavy atom. The second-order valence-electron chi connectivity index (χ2n) is 4.69. The highest BCUT2D eigenvalue weighted by Gasteiger charge is 2.22. The largest absolute Gasteiger partial charge is 0.352 e. The van der Waals surface area contributed by atoms with Crippen LogP contribution in [0.3, 0.4) is 0 Å². The van der Waals surface area contributed by atoms with Crippen molar-refractivity contribution < 1.29 is 14.4 Å². The number of nitrogens with two attached hydrogens (primary N) is 1. The first-order valence-electron chi connectivity index (χ1n) is 6.38. The van der Waals surface area contributed by atoms with E-state index in [2.05, 4.69) is 16.0 Å². The van der Waals surface area contributed by atoms with Crippen molar-refractivity contribution in [1.82, 2.24) is 16.0 Å². The molecule has 0 bridgehead atoms. The summed E-state index contributed by atoms with van der Waals surface area (Å²) in [6.45, 7) is 4.23. The van der Waals surface area contributed by atoms with Crippen LogP contribution in [0, 0.1) is 5.92 Å². The number of aldehydes is 1. The molecule has 19 heavy (non-hydrogen) atoms. The van der Waals surface area contributed by atoms with Crippen molar-refractivity contribution in [2.45, 2.75) is 38.8 Å². The number of amides is 3. The molecule has 0 saturated heterocycles. The van der Waals surface area contributed by atoms with E-state index in [-0.39, 0.29) is 17.9 Å². The Hall–Kier alpha value is -1.63. The number of rotatable bonds is 9. The summed E-state index contributed by atoms with van der Waals surface area (Å²) in [5, 5.41) is 8.01. The zero-order valence-electron chi connectivity index (χ0n) is 11.7. The van der Waals surface area contributed by atoms with Gasteiger partial charge in [0.25, 0.3) is 0 Å². The second kappa shape index (κ2) is 9.32. The zero-order valence-corrected chi connectivity index (χ0v) is 11.7. The normalized spacial score (nSPS) is 13.7. The minimum atomic E-state index is -0.596. The van der Waals surface area contributed by atoms with E-state index in [1.54, 1.807) is 7.05 Å². The van der Waals surface area contributed by atoms with Gasteiger partial charge in [-0.3, -0.25) is 4.79 Å². The third kappa shape index (κ3) is 7.40. The van der Waals surface area contributed by atoms with Crippen molar-refractivity contribution in [1.29, 1.82) is 0 Å². The van der Waals surface area contributed by atoms with Gasteiger partial charge >= 0.3 is 6.03 Å². The van der Waals surface area contributed by atoms with E-state index in [0.29, 0.717) is 25.7 Å². The average Bonchev–Trinajstić information content (AvgIpc) is 2.33. The molecule has 0 aliphatic rings. The number of hydrogen-bond donors (Lipinski definition) is 4. The van der Waals surface area contributed by atoms with Crippen molar-refractivity contribution in [3.05, 3.63) is 0 Å². The van der Waals surface area contributed by atoms with Crippen molar-refractivity contribution in [3.63, 3.8) is 0 Å². The molecular weight excluding hydrogens is 248 g/mol. The molecule has 0 heterocycles. The lowest BCUT2D eigenvalue weighted by atomic mass is 10.0. The SMILES string of the molecule is CN[C@H](C(=O)N[C@H](C=O)CCCNC(N)=O)C(C)C. The standard InChI is InChI=1S/C12H24N4O3/c1-8(2)10(14-3)11(18)16-9(7-17)5-4-6-15-12(13)19/h7-10,14H,4-6H2,1-3H3,(H,16,18)(H3,13,15,19)/t9-,10-/m0/s1. The van der Waals surface area contributed by atoms with Crippen LogP contribution in [0.15, 0.2) is 0 Å². The van der Waals surface area contributed by atoms with E-state index in [1.165, 1.54) is 0 Å². The zero-order chi connectivity index (χ0) is 14.8. The summed E-state index contributed by atoms with van der Waals surface area (Å²) < 4.78 is 0. The minimum absolute atomic E-state index is 0.133. The second-order valence-corrected chi connectivity index (χ2v) is 4.69. The fraction of sp³-hybridized carbons (Fsp3) is 0.750. The first-order valence-corrected chi connectivity index (χ1v) is 6.38. The molecule has 0 aliphatic carbocycles. The van der Waals surface area contributed by atoms with Gasteiger partial charge in [0.15, 0.2) is 0 Å². The molecule has 0 radical (unpaired) electrons. The van der Waals surface area contributed by atoms with Crippen LogP contribution < -0.4 is 21.7 Å². The fourth-order valence-electron chi connectivity index (χ4n) is 1.75. The molecule has 0 spiro atoms. The third-order valence-electron chi connectivity index (χ3n) is 2.74. The van der Waals surface area contributed by atoms with Gasteiger partial charge in [-0.05, 0) is 25.8 Å². The number of carbonyl (C=O) groups is 3. The molecular formula is C12H24N4O3. The lowest BCUT2D eigenvalue weighted by Crippen LogP contribution is -2.49. The van der Waals surface area contributed by atoms with E-state index >= 15 is 0 Å². The summed E-state index contributed by atoms with van der Waals surface area (Å²) in [6.07, 6.45) is 1.73. The summed E-state index contributed by atoms with van der Waals surface area (Å²) in [5.74, 6) is -0.0636. The van der Waals surface area contributed by atoms with Gasteiger partial charge in [-0.15, -0.1) is 0 Å². The molecule has 0 fully saturated rings. The maximum absolute atomic E-state index is 11.9. The van der Waals surface area contributed by atoms with Gasteiger partial charge < -0.3 is 26.5 Å². The molecule has 7 heteroatoms. The highest BCUT2D eigenvalue weighted by molar-refractivity contribution is 5.84. The lowest BCUT2D eigenvalue weighted by Gasteiger charge is -2.21. The van der Waals surface area contributed by atoms with Crippen molar-refractivity contribution >= 4 is 18.2 Å². The highest BCUT2D eigenvalue weighted by atomic mass is 16.2. The molecule has 0 saturated carbocycles. The van der Waals surface area contributed by atoms with Crippen LogP contribution >= 0.6 is 0 Å². The number of carbonyl (C=O) groups excluding carboxylic acids is 3. The smallest absolute Gasteiger partial charge is 0.312 e. The third-order valence-corrected chi connectivity index (χ3v) is 2.74. The molecule has 7 nitrogen and oxygen atoms in total. The summed E-state index contributed by atoms with van der Waals surface area (Å²) in [4.78, 5) is 33.3. The first-order chi connectivity index (χ1) is 8.92. The maximum atomic E-state index is 11.9. The Morgan fingerprint density at radius 3 is 2.37 bits per heavy atom. The molecule has 0 rings (SSSR count). The van der Waals surface area contributed by atoms with Crippen LogP contribution in [0.2, 0.25) is 0 Å². The summed E-state index contributed by atoms with van der Waals surface area (Å²) in [7, 11) is 1.71. The van der Waals surface area contributed by atoms with Crippen molar-refractivity contribution in [3.8, 4) is 0 Å². The van der Waals surface area contributed by atoms with Crippen molar-refractivity contribution in [2.24, 2.45) is 11.7 Å². The number of likely N-dealkylation sites (N-methyl/N-ethyl adjacent to an activating group) is 1. The Labute approximate surface area is 113 Å². The van der Waals surface area contributed by atoms with E-state index in [0.717, 1.165) is 0 Å². The molecule has 0 unspecified atom stereocenters. The van der Waals surface area contributed by atoms with Crippen LogP contribution in [0.25, 0.3) is 0 Å². The van der Waals surface area contributed by atoms with Gasteiger partial charge in [0, 0.05) is 6.54 Å². The van der Waals surface area contributed by atoms with Crippen LogP contribution in [0.4, 0.5) is 4.79 Å². The molecule has 0 aromatic carbocycles. The summed E-state index contributed by atoms with van der Waals surface area (Å²) >= 11 is 0. The van der Waals surface area contributed by atoms with Gasteiger partial charge in [-0.25, -0.2) is 4.79 Å². The number of hydrogen-bond acceptors (Lipinski definition) is 4. The molecule has 0 aromatic rings. The van der Waals surface area contributed by atoms with Gasteiger partial charge in [0.1, 0.15) is 6.29 Å².